The third kappa shape index (κ3) is 5.26. The van der Waals surface area contributed by atoms with Crippen molar-refractivity contribution >= 4 is 17.7 Å². The van der Waals surface area contributed by atoms with Gasteiger partial charge in [-0.05, 0) is 36.6 Å². The molecule has 28 heavy (non-hydrogen) atoms. The maximum Gasteiger partial charge on any atom is 0.253 e. The van der Waals surface area contributed by atoms with E-state index in [4.69, 9.17) is 4.74 Å². The van der Waals surface area contributed by atoms with Crippen LogP contribution in [0.5, 0.6) is 5.88 Å². The quantitative estimate of drug-likeness (QED) is 0.810. The fraction of sp³-hybridized carbons (Fsp3) is 0.455. The Bertz CT molecular complexity index is 755. The molecule has 4 rings (SSSR count). The van der Waals surface area contributed by atoms with E-state index in [9.17, 15) is 4.79 Å². The van der Waals surface area contributed by atoms with Crippen LogP contribution in [0.3, 0.4) is 0 Å². The predicted molar refractivity (Wildman–Crippen MR) is 113 cm³/mol. The standard InChI is InChI=1S/C22H27N3O2S/c26-22(18-6-7-21(23-14-18)27-20-10-13-28-16-20)24-19-8-11-25(12-9-19)15-17-4-2-1-3-5-17/h1-7,14,19-20H,8-13,15-16H2,(H,24,26). The minimum atomic E-state index is -0.0445. The van der Waals surface area contributed by atoms with Crippen LogP contribution < -0.4 is 10.1 Å². The summed E-state index contributed by atoms with van der Waals surface area (Å²) in [7, 11) is 0. The number of ether oxygens (including phenoxy) is 1. The number of rotatable bonds is 6. The second-order valence-corrected chi connectivity index (χ2v) is 8.65. The number of carbonyl (C=O) groups excluding carboxylic acids is 1. The van der Waals surface area contributed by atoms with Gasteiger partial charge in [0.2, 0.25) is 5.88 Å². The highest BCUT2D eigenvalue weighted by Crippen LogP contribution is 2.22. The minimum absolute atomic E-state index is 0.0445. The molecular formula is C22H27N3O2S. The summed E-state index contributed by atoms with van der Waals surface area (Å²) in [6, 6.07) is 14.4. The Labute approximate surface area is 170 Å². The fourth-order valence-corrected chi connectivity index (χ4v) is 4.80. The molecule has 148 valence electrons. The molecule has 2 fully saturated rings. The van der Waals surface area contributed by atoms with Crippen molar-refractivity contribution < 1.29 is 9.53 Å². The van der Waals surface area contributed by atoms with Crippen LogP contribution in [0, 0.1) is 0 Å². The third-order valence-electron chi connectivity index (χ3n) is 5.35. The molecule has 1 aromatic carbocycles. The van der Waals surface area contributed by atoms with Crippen molar-refractivity contribution in [1.82, 2.24) is 15.2 Å². The molecule has 1 unspecified atom stereocenters. The highest BCUT2D eigenvalue weighted by Gasteiger charge is 2.22. The largest absolute Gasteiger partial charge is 0.473 e. The molecule has 2 aliphatic rings. The van der Waals surface area contributed by atoms with E-state index in [-0.39, 0.29) is 18.1 Å². The van der Waals surface area contributed by atoms with Gasteiger partial charge in [-0.1, -0.05) is 30.3 Å². The van der Waals surface area contributed by atoms with E-state index in [1.807, 2.05) is 23.9 Å². The lowest BCUT2D eigenvalue weighted by Gasteiger charge is -2.32. The van der Waals surface area contributed by atoms with E-state index in [2.05, 4.69) is 39.5 Å². The fourth-order valence-electron chi connectivity index (χ4n) is 3.71. The summed E-state index contributed by atoms with van der Waals surface area (Å²) in [6.07, 6.45) is 4.90. The van der Waals surface area contributed by atoms with Gasteiger partial charge >= 0.3 is 0 Å². The number of likely N-dealkylation sites (tertiary alicyclic amines) is 1. The Hall–Kier alpha value is -2.05. The number of hydrogen-bond donors (Lipinski definition) is 1. The van der Waals surface area contributed by atoms with Gasteiger partial charge in [0.1, 0.15) is 6.10 Å². The van der Waals surface area contributed by atoms with E-state index in [1.165, 1.54) is 5.56 Å². The Morgan fingerprint density at radius 3 is 2.64 bits per heavy atom. The second-order valence-electron chi connectivity index (χ2n) is 7.50. The normalized spacial score (nSPS) is 20.8. The first-order valence-corrected chi connectivity index (χ1v) is 11.2. The van der Waals surface area contributed by atoms with E-state index in [0.717, 1.165) is 50.4 Å². The van der Waals surface area contributed by atoms with E-state index >= 15 is 0 Å². The molecule has 0 saturated carbocycles. The Balaban J connectivity index is 1.23. The number of hydrogen-bond acceptors (Lipinski definition) is 5. The van der Waals surface area contributed by atoms with Gasteiger partial charge in [0.25, 0.3) is 5.91 Å². The van der Waals surface area contributed by atoms with Gasteiger partial charge < -0.3 is 10.1 Å². The van der Waals surface area contributed by atoms with Gasteiger partial charge in [-0.3, -0.25) is 9.69 Å². The number of amides is 1. The average molecular weight is 398 g/mol. The average Bonchev–Trinajstić information content (AvgIpc) is 3.24. The highest BCUT2D eigenvalue weighted by atomic mass is 32.2. The van der Waals surface area contributed by atoms with Crippen LogP contribution in [0.2, 0.25) is 0 Å². The maximum absolute atomic E-state index is 12.5. The van der Waals surface area contributed by atoms with Gasteiger partial charge in [-0.2, -0.15) is 11.8 Å². The van der Waals surface area contributed by atoms with Crippen LogP contribution in [0.15, 0.2) is 48.7 Å². The monoisotopic (exact) mass is 397 g/mol. The van der Waals surface area contributed by atoms with Crippen LogP contribution >= 0.6 is 11.8 Å². The number of nitrogens with one attached hydrogen (secondary N) is 1. The molecule has 2 saturated heterocycles. The summed E-state index contributed by atoms with van der Waals surface area (Å²) in [6.45, 7) is 2.99. The lowest BCUT2D eigenvalue weighted by atomic mass is 10.0. The lowest BCUT2D eigenvalue weighted by molar-refractivity contribution is 0.0908. The first-order chi connectivity index (χ1) is 13.8. The number of benzene rings is 1. The topological polar surface area (TPSA) is 54.5 Å². The van der Waals surface area contributed by atoms with E-state index in [0.29, 0.717) is 11.4 Å². The number of aromatic nitrogens is 1. The van der Waals surface area contributed by atoms with Gasteiger partial charge in [0.15, 0.2) is 0 Å². The van der Waals surface area contributed by atoms with E-state index in [1.54, 1.807) is 12.3 Å². The van der Waals surface area contributed by atoms with Gasteiger partial charge in [0, 0.05) is 43.7 Å². The molecule has 1 atom stereocenters. The molecule has 3 heterocycles. The summed E-state index contributed by atoms with van der Waals surface area (Å²) in [5.74, 6) is 2.73. The first-order valence-electron chi connectivity index (χ1n) is 10.0. The lowest BCUT2D eigenvalue weighted by Crippen LogP contribution is -2.44. The number of nitrogens with zero attached hydrogens (tertiary/aromatic N) is 2. The summed E-state index contributed by atoms with van der Waals surface area (Å²) >= 11 is 1.91. The predicted octanol–water partition coefficient (Wildman–Crippen LogP) is 3.36. The number of carbonyl (C=O) groups is 1. The van der Waals surface area contributed by atoms with Gasteiger partial charge in [-0.25, -0.2) is 4.98 Å². The minimum Gasteiger partial charge on any atom is -0.473 e. The molecule has 1 amide bonds. The zero-order valence-electron chi connectivity index (χ0n) is 16.0. The van der Waals surface area contributed by atoms with Crippen molar-refractivity contribution in [3.63, 3.8) is 0 Å². The smallest absolute Gasteiger partial charge is 0.253 e. The van der Waals surface area contributed by atoms with Crippen molar-refractivity contribution in [3.05, 3.63) is 59.8 Å². The zero-order chi connectivity index (χ0) is 19.2. The van der Waals surface area contributed by atoms with Crippen LogP contribution in [0.25, 0.3) is 0 Å². The molecule has 0 bridgehead atoms. The van der Waals surface area contributed by atoms with Crippen LogP contribution in [-0.4, -0.2) is 52.5 Å². The molecule has 2 aliphatic heterocycles. The van der Waals surface area contributed by atoms with Gasteiger partial charge in [0.05, 0.1) is 5.56 Å². The summed E-state index contributed by atoms with van der Waals surface area (Å²) in [5.41, 5.74) is 1.94. The molecule has 0 radical (unpaired) electrons. The van der Waals surface area contributed by atoms with Crippen molar-refractivity contribution in [1.29, 1.82) is 0 Å². The molecule has 0 spiro atoms. The number of pyridine rings is 1. The summed E-state index contributed by atoms with van der Waals surface area (Å²) in [5, 5.41) is 3.16. The van der Waals surface area contributed by atoms with E-state index < -0.39 is 0 Å². The SMILES string of the molecule is O=C(NC1CCN(Cc2ccccc2)CC1)c1ccc(OC2CCSC2)nc1. The van der Waals surface area contributed by atoms with Crippen molar-refractivity contribution in [2.75, 3.05) is 24.6 Å². The van der Waals surface area contributed by atoms with Crippen LogP contribution in [-0.2, 0) is 6.54 Å². The van der Waals surface area contributed by atoms with Crippen molar-refractivity contribution in [3.8, 4) is 5.88 Å². The van der Waals surface area contributed by atoms with Crippen LogP contribution in [0.1, 0.15) is 35.2 Å². The number of thioether (sulfide) groups is 1. The number of piperidine rings is 1. The Morgan fingerprint density at radius 1 is 1.14 bits per heavy atom. The van der Waals surface area contributed by atoms with Crippen molar-refractivity contribution in [2.45, 2.75) is 38.0 Å². The second kappa shape index (κ2) is 9.43. The highest BCUT2D eigenvalue weighted by molar-refractivity contribution is 7.99. The summed E-state index contributed by atoms with van der Waals surface area (Å²) in [4.78, 5) is 19.3. The van der Waals surface area contributed by atoms with Gasteiger partial charge in [-0.15, -0.1) is 0 Å². The third-order valence-corrected chi connectivity index (χ3v) is 6.48. The molecule has 0 aliphatic carbocycles. The Kier molecular flexibility index (Phi) is 6.49. The van der Waals surface area contributed by atoms with Crippen LogP contribution in [0.4, 0.5) is 0 Å². The summed E-state index contributed by atoms with van der Waals surface area (Å²) < 4.78 is 5.85. The maximum atomic E-state index is 12.5. The molecule has 2 aromatic rings. The first kappa shape index (κ1) is 19.3. The van der Waals surface area contributed by atoms with Crippen molar-refractivity contribution in [2.24, 2.45) is 0 Å². The molecule has 1 N–H and O–H groups in total. The molecular weight excluding hydrogens is 370 g/mol. The molecule has 6 heteroatoms. The Morgan fingerprint density at radius 2 is 1.96 bits per heavy atom. The zero-order valence-corrected chi connectivity index (χ0v) is 16.9. The molecule has 5 nitrogen and oxygen atoms in total. The molecule has 1 aromatic heterocycles.